The van der Waals surface area contributed by atoms with Gasteiger partial charge in [-0.1, -0.05) is 37.4 Å². The van der Waals surface area contributed by atoms with Gasteiger partial charge in [0.25, 0.3) is 0 Å². The van der Waals surface area contributed by atoms with Crippen molar-refractivity contribution in [1.82, 2.24) is 0 Å². The van der Waals surface area contributed by atoms with E-state index >= 15 is 0 Å². The number of hydrogen-bond donors (Lipinski definition) is 1. The Morgan fingerprint density at radius 1 is 1.35 bits per heavy atom. The fraction of sp³-hybridized carbons (Fsp3) is 0.647. The van der Waals surface area contributed by atoms with Crippen molar-refractivity contribution < 1.29 is 0 Å². The summed E-state index contributed by atoms with van der Waals surface area (Å²) in [6.07, 6.45) is 6.59. The van der Waals surface area contributed by atoms with Crippen LogP contribution in [0.3, 0.4) is 0 Å². The Morgan fingerprint density at radius 3 is 2.80 bits per heavy atom. The molecule has 2 atom stereocenters. The molecule has 1 aliphatic rings. The van der Waals surface area contributed by atoms with Gasteiger partial charge >= 0.3 is 0 Å². The van der Waals surface area contributed by atoms with Crippen molar-refractivity contribution >= 4 is 17.3 Å². The second-order valence-corrected chi connectivity index (χ2v) is 6.48. The van der Waals surface area contributed by atoms with E-state index in [-0.39, 0.29) is 6.04 Å². The Kier molecular flexibility index (Phi) is 5.74. The maximum atomic E-state index is 6.46. The van der Waals surface area contributed by atoms with Crippen LogP contribution < -0.4 is 10.6 Å². The minimum absolute atomic E-state index is 0.0413. The lowest BCUT2D eigenvalue weighted by Crippen LogP contribution is -2.24. The predicted molar refractivity (Wildman–Crippen MR) is 88.5 cm³/mol. The molecule has 3 heteroatoms. The van der Waals surface area contributed by atoms with Crippen LogP contribution in [0.1, 0.15) is 57.6 Å². The van der Waals surface area contributed by atoms with Gasteiger partial charge in [-0.05, 0) is 49.8 Å². The quantitative estimate of drug-likeness (QED) is 0.867. The number of benzene rings is 1. The fourth-order valence-electron chi connectivity index (χ4n) is 3.17. The molecule has 0 radical (unpaired) electrons. The van der Waals surface area contributed by atoms with Crippen LogP contribution in [0.15, 0.2) is 18.2 Å². The van der Waals surface area contributed by atoms with Gasteiger partial charge in [0.15, 0.2) is 0 Å². The SMILES string of the molecule is CCCC1CCCN(c2ccc([C@H](C)N)cc2Cl)CC1. The van der Waals surface area contributed by atoms with Gasteiger partial charge in [-0.25, -0.2) is 0 Å². The Morgan fingerprint density at radius 2 is 2.15 bits per heavy atom. The summed E-state index contributed by atoms with van der Waals surface area (Å²) in [7, 11) is 0. The summed E-state index contributed by atoms with van der Waals surface area (Å²) in [6.45, 7) is 6.53. The molecule has 2 N–H and O–H groups in total. The molecule has 1 heterocycles. The molecule has 1 aliphatic heterocycles. The number of hydrogen-bond acceptors (Lipinski definition) is 2. The summed E-state index contributed by atoms with van der Waals surface area (Å²) in [6, 6.07) is 6.32. The summed E-state index contributed by atoms with van der Waals surface area (Å²) in [4.78, 5) is 2.45. The van der Waals surface area contributed by atoms with Crippen LogP contribution in [-0.4, -0.2) is 13.1 Å². The van der Waals surface area contributed by atoms with Crippen LogP contribution in [0.2, 0.25) is 5.02 Å². The van der Waals surface area contributed by atoms with Crippen LogP contribution in [0.25, 0.3) is 0 Å². The number of rotatable bonds is 4. The van der Waals surface area contributed by atoms with Gasteiger partial charge in [0.05, 0.1) is 10.7 Å². The number of anilines is 1. The highest BCUT2D eigenvalue weighted by atomic mass is 35.5. The number of nitrogens with two attached hydrogens (primary N) is 1. The zero-order valence-electron chi connectivity index (χ0n) is 12.7. The second-order valence-electron chi connectivity index (χ2n) is 6.07. The van der Waals surface area contributed by atoms with E-state index in [9.17, 15) is 0 Å². The normalized spacial score (nSPS) is 21.6. The average molecular weight is 295 g/mol. The van der Waals surface area contributed by atoms with Gasteiger partial charge in [-0.15, -0.1) is 0 Å². The highest BCUT2D eigenvalue weighted by molar-refractivity contribution is 6.33. The maximum absolute atomic E-state index is 6.46. The molecule has 2 nitrogen and oxygen atoms in total. The van der Waals surface area contributed by atoms with Crippen LogP contribution in [0.4, 0.5) is 5.69 Å². The summed E-state index contributed by atoms with van der Waals surface area (Å²) in [5.74, 6) is 0.895. The van der Waals surface area contributed by atoms with E-state index in [2.05, 4.69) is 24.0 Å². The summed E-state index contributed by atoms with van der Waals surface area (Å²) >= 11 is 6.46. The highest BCUT2D eigenvalue weighted by Gasteiger charge is 2.18. The summed E-state index contributed by atoms with van der Waals surface area (Å²) in [5, 5.41) is 0.841. The Labute approximate surface area is 128 Å². The van der Waals surface area contributed by atoms with E-state index in [1.165, 1.54) is 37.8 Å². The molecule has 1 aromatic rings. The molecule has 2 rings (SSSR count). The Balaban J connectivity index is 2.07. The predicted octanol–water partition coefficient (Wildman–Crippen LogP) is 4.77. The first-order chi connectivity index (χ1) is 9.61. The lowest BCUT2D eigenvalue weighted by atomic mass is 9.96. The van der Waals surface area contributed by atoms with Crippen molar-refractivity contribution in [2.24, 2.45) is 11.7 Å². The monoisotopic (exact) mass is 294 g/mol. The van der Waals surface area contributed by atoms with E-state index in [0.29, 0.717) is 0 Å². The van der Waals surface area contributed by atoms with E-state index in [1.807, 2.05) is 13.0 Å². The molecule has 0 spiro atoms. The van der Waals surface area contributed by atoms with Crippen LogP contribution >= 0.6 is 11.6 Å². The standard InChI is InChI=1S/C17H27ClN2/c1-3-5-14-6-4-10-20(11-9-14)17-8-7-15(13(2)19)12-16(17)18/h7-8,12-14H,3-6,9-11,19H2,1-2H3/t13-,14?/m0/s1. The van der Waals surface area contributed by atoms with Gasteiger partial charge in [0.2, 0.25) is 0 Å². The summed E-state index contributed by atoms with van der Waals surface area (Å²) < 4.78 is 0. The van der Waals surface area contributed by atoms with Crippen molar-refractivity contribution in [3.05, 3.63) is 28.8 Å². The van der Waals surface area contributed by atoms with Crippen molar-refractivity contribution in [3.63, 3.8) is 0 Å². The Hall–Kier alpha value is -0.730. The van der Waals surface area contributed by atoms with Crippen molar-refractivity contribution in [1.29, 1.82) is 0 Å². The van der Waals surface area contributed by atoms with Crippen LogP contribution in [0, 0.1) is 5.92 Å². The van der Waals surface area contributed by atoms with Crippen molar-refractivity contribution in [2.45, 2.75) is 52.0 Å². The molecule has 1 unspecified atom stereocenters. The number of halogens is 1. The zero-order chi connectivity index (χ0) is 14.5. The van der Waals surface area contributed by atoms with Crippen LogP contribution in [0.5, 0.6) is 0 Å². The molecule has 0 bridgehead atoms. The topological polar surface area (TPSA) is 29.3 Å². The second kappa shape index (κ2) is 7.33. The lowest BCUT2D eigenvalue weighted by molar-refractivity contribution is 0.435. The smallest absolute Gasteiger partial charge is 0.0642 e. The maximum Gasteiger partial charge on any atom is 0.0642 e. The average Bonchev–Trinajstić information content (AvgIpc) is 2.65. The molecule has 1 aromatic carbocycles. The van der Waals surface area contributed by atoms with Gasteiger partial charge < -0.3 is 10.6 Å². The molecule has 0 amide bonds. The molecule has 0 aliphatic carbocycles. The van der Waals surface area contributed by atoms with E-state index in [0.717, 1.165) is 29.6 Å². The molecule has 1 saturated heterocycles. The van der Waals surface area contributed by atoms with E-state index < -0.39 is 0 Å². The van der Waals surface area contributed by atoms with Crippen LogP contribution in [-0.2, 0) is 0 Å². The third-order valence-electron chi connectivity index (χ3n) is 4.38. The first-order valence-electron chi connectivity index (χ1n) is 7.91. The summed E-state index contributed by atoms with van der Waals surface area (Å²) in [5.41, 5.74) is 8.20. The van der Waals surface area contributed by atoms with Gasteiger partial charge in [-0.2, -0.15) is 0 Å². The first kappa shape index (κ1) is 15.7. The van der Waals surface area contributed by atoms with Gasteiger partial charge in [0.1, 0.15) is 0 Å². The molecular formula is C17H27ClN2. The third-order valence-corrected chi connectivity index (χ3v) is 4.69. The minimum atomic E-state index is 0.0413. The molecule has 112 valence electrons. The Bertz CT molecular complexity index is 431. The molecule has 0 saturated carbocycles. The molecule has 20 heavy (non-hydrogen) atoms. The molecule has 0 aromatic heterocycles. The highest BCUT2D eigenvalue weighted by Crippen LogP contribution is 2.31. The lowest BCUT2D eigenvalue weighted by Gasteiger charge is -2.24. The van der Waals surface area contributed by atoms with Gasteiger partial charge in [-0.3, -0.25) is 0 Å². The fourth-order valence-corrected chi connectivity index (χ4v) is 3.47. The van der Waals surface area contributed by atoms with Crippen molar-refractivity contribution in [3.8, 4) is 0 Å². The molecular weight excluding hydrogens is 268 g/mol. The van der Waals surface area contributed by atoms with Crippen molar-refractivity contribution in [2.75, 3.05) is 18.0 Å². The number of nitrogens with zero attached hydrogens (tertiary/aromatic N) is 1. The largest absolute Gasteiger partial charge is 0.370 e. The minimum Gasteiger partial charge on any atom is -0.370 e. The van der Waals surface area contributed by atoms with Gasteiger partial charge in [0, 0.05) is 19.1 Å². The third kappa shape index (κ3) is 3.89. The van der Waals surface area contributed by atoms with E-state index in [4.69, 9.17) is 17.3 Å². The zero-order valence-corrected chi connectivity index (χ0v) is 13.5. The van der Waals surface area contributed by atoms with E-state index in [1.54, 1.807) is 0 Å². The molecule has 1 fully saturated rings. The first-order valence-corrected chi connectivity index (χ1v) is 8.29.